The van der Waals surface area contributed by atoms with Crippen LogP contribution in [0, 0.1) is 5.92 Å². The van der Waals surface area contributed by atoms with Crippen LogP contribution >= 0.6 is 11.3 Å². The Labute approximate surface area is 306 Å². The number of ether oxygens (including phenoxy) is 1. The molecule has 0 fully saturated rings. The molecule has 272 valence electrons. The normalized spacial score (nSPS) is 13.2. The fraction of sp³-hybridized carbons (Fsp3) is 0.439. The minimum atomic E-state index is -1.11. The smallest absolute Gasteiger partial charge is 0.326 e. The summed E-state index contributed by atoms with van der Waals surface area (Å²) in [4.78, 5) is 49.6. The summed E-state index contributed by atoms with van der Waals surface area (Å²) in [6.45, 7) is 12.8. The van der Waals surface area contributed by atoms with Crippen molar-refractivity contribution in [2.45, 2.75) is 104 Å². The SMILES string of the molecule is CCCCCCCOc1ccc(-c2cnc(-c3ccc(C[C@H](NC(=O)c4ccc(C(C)(C)C)s4)C(=O)N[C@@H](C(=O)O)[C@H](C)CC)cc3)nc2)cc1. The molecule has 2 heterocycles. The third-order valence-corrected chi connectivity index (χ3v) is 10.5. The number of thiophene rings is 1. The molecule has 3 atom stereocenters. The van der Waals surface area contributed by atoms with Crippen molar-refractivity contribution in [2.75, 3.05) is 6.61 Å². The lowest BCUT2D eigenvalue weighted by Crippen LogP contribution is -2.54. The number of aliphatic carboxylic acids is 1. The Hall–Kier alpha value is -4.57. The second-order valence-corrected chi connectivity index (χ2v) is 15.2. The van der Waals surface area contributed by atoms with Gasteiger partial charge in [-0.3, -0.25) is 9.59 Å². The minimum absolute atomic E-state index is 0.121. The molecule has 0 unspecified atom stereocenters. The number of benzene rings is 2. The van der Waals surface area contributed by atoms with E-state index in [0.29, 0.717) is 17.1 Å². The van der Waals surface area contributed by atoms with Crippen molar-refractivity contribution in [1.82, 2.24) is 20.6 Å². The van der Waals surface area contributed by atoms with Crippen molar-refractivity contribution < 1.29 is 24.2 Å². The number of amides is 2. The Morgan fingerprint density at radius 1 is 0.824 bits per heavy atom. The first kappa shape index (κ1) is 39.2. The minimum Gasteiger partial charge on any atom is -0.494 e. The van der Waals surface area contributed by atoms with Gasteiger partial charge in [0.05, 0.1) is 11.5 Å². The lowest BCUT2D eigenvalue weighted by atomic mass is 9.95. The van der Waals surface area contributed by atoms with Gasteiger partial charge in [0, 0.05) is 34.8 Å². The van der Waals surface area contributed by atoms with Crippen molar-refractivity contribution in [3.63, 3.8) is 0 Å². The summed E-state index contributed by atoms with van der Waals surface area (Å²) in [7, 11) is 0. The van der Waals surface area contributed by atoms with Crippen molar-refractivity contribution in [1.29, 1.82) is 0 Å². The fourth-order valence-corrected chi connectivity index (χ4v) is 6.50. The zero-order valence-corrected chi connectivity index (χ0v) is 31.5. The number of nitrogens with zero attached hydrogens (tertiary/aromatic N) is 2. The first-order chi connectivity index (χ1) is 24.4. The van der Waals surface area contributed by atoms with Gasteiger partial charge < -0.3 is 20.5 Å². The van der Waals surface area contributed by atoms with Gasteiger partial charge in [-0.05, 0) is 53.1 Å². The summed E-state index contributed by atoms with van der Waals surface area (Å²) in [6.07, 6.45) is 10.3. The summed E-state index contributed by atoms with van der Waals surface area (Å²) in [6, 6.07) is 17.1. The zero-order valence-electron chi connectivity index (χ0n) is 30.7. The number of aromatic nitrogens is 2. The van der Waals surface area contributed by atoms with Crippen molar-refractivity contribution in [2.24, 2.45) is 5.92 Å². The van der Waals surface area contributed by atoms with Crippen molar-refractivity contribution in [3.8, 4) is 28.3 Å². The van der Waals surface area contributed by atoms with Crippen molar-refractivity contribution >= 4 is 29.1 Å². The number of unbranched alkanes of at least 4 members (excludes halogenated alkanes) is 4. The van der Waals surface area contributed by atoms with Crippen LogP contribution in [0.4, 0.5) is 0 Å². The van der Waals surface area contributed by atoms with Crippen LogP contribution in [0.25, 0.3) is 22.5 Å². The first-order valence-electron chi connectivity index (χ1n) is 18.0. The van der Waals surface area contributed by atoms with E-state index in [4.69, 9.17) is 4.74 Å². The number of hydrogen-bond donors (Lipinski definition) is 3. The molecule has 0 saturated carbocycles. The molecule has 4 aromatic rings. The molecule has 0 radical (unpaired) electrons. The van der Waals surface area contributed by atoms with Crippen LogP contribution in [-0.2, 0) is 21.4 Å². The highest BCUT2D eigenvalue weighted by Crippen LogP contribution is 2.30. The molecule has 0 aliphatic rings. The lowest BCUT2D eigenvalue weighted by molar-refractivity contribution is -0.143. The maximum Gasteiger partial charge on any atom is 0.326 e. The summed E-state index contributed by atoms with van der Waals surface area (Å²) in [5.41, 5.74) is 3.35. The van der Waals surface area contributed by atoms with E-state index in [0.717, 1.165) is 45.9 Å². The van der Waals surface area contributed by atoms with E-state index >= 15 is 0 Å². The standard InChI is InChI=1S/C41H52N4O5S/c1-7-9-10-11-12-23-50-32-19-17-29(18-20-32)31-25-42-37(43-26-31)30-15-13-28(14-16-30)24-33(38(46)45-36(40(48)49)27(3)8-2)44-39(47)34-21-22-35(51-34)41(4,5)6/h13-22,25-27,33,36H,7-12,23-24H2,1-6H3,(H,44,47)(H,45,46)(H,48,49)/t27-,33+,36-/m1/s1. The number of nitrogens with one attached hydrogen (secondary N) is 2. The lowest BCUT2D eigenvalue weighted by Gasteiger charge is -2.24. The number of carbonyl (C=O) groups is 3. The average molecular weight is 713 g/mol. The molecular weight excluding hydrogens is 661 g/mol. The number of rotatable bonds is 18. The molecule has 4 rings (SSSR count). The van der Waals surface area contributed by atoms with Gasteiger partial charge in [-0.1, -0.05) is 110 Å². The summed E-state index contributed by atoms with van der Waals surface area (Å²) in [5, 5.41) is 15.4. The van der Waals surface area contributed by atoms with Gasteiger partial charge in [-0.25, -0.2) is 14.8 Å². The van der Waals surface area contributed by atoms with Crippen LogP contribution in [-0.4, -0.2) is 51.5 Å². The van der Waals surface area contributed by atoms with Crippen molar-refractivity contribution in [3.05, 3.63) is 88.4 Å². The second-order valence-electron chi connectivity index (χ2n) is 14.1. The highest BCUT2D eigenvalue weighted by molar-refractivity contribution is 7.14. The summed E-state index contributed by atoms with van der Waals surface area (Å²) in [5.74, 6) is -0.917. The Balaban J connectivity index is 1.43. The number of carboxylic acid groups (broad SMARTS) is 1. The Morgan fingerprint density at radius 3 is 2.06 bits per heavy atom. The van der Waals surface area contributed by atoms with Gasteiger partial charge in [0.25, 0.3) is 5.91 Å². The highest BCUT2D eigenvalue weighted by atomic mass is 32.1. The topological polar surface area (TPSA) is 131 Å². The van der Waals surface area contributed by atoms with E-state index in [1.165, 1.54) is 37.0 Å². The summed E-state index contributed by atoms with van der Waals surface area (Å²) < 4.78 is 5.89. The third-order valence-electron chi connectivity index (χ3n) is 8.98. The fourth-order valence-electron chi connectivity index (χ4n) is 5.53. The van der Waals surface area contributed by atoms with Gasteiger partial charge in [-0.15, -0.1) is 11.3 Å². The average Bonchev–Trinajstić information content (AvgIpc) is 3.64. The van der Waals surface area contributed by atoms with E-state index in [1.54, 1.807) is 25.4 Å². The molecule has 0 spiro atoms. The molecule has 0 aliphatic carbocycles. The predicted molar refractivity (Wildman–Crippen MR) is 204 cm³/mol. The number of carboxylic acids is 1. The molecule has 2 aromatic carbocycles. The number of carbonyl (C=O) groups excluding carboxylic acids is 2. The molecule has 0 saturated heterocycles. The molecule has 0 aliphatic heterocycles. The van der Waals surface area contributed by atoms with E-state index in [2.05, 4.69) is 48.3 Å². The monoisotopic (exact) mass is 712 g/mol. The van der Waals surface area contributed by atoms with Crippen LogP contribution in [0.15, 0.2) is 73.1 Å². The Morgan fingerprint density at radius 2 is 1.47 bits per heavy atom. The van der Waals surface area contributed by atoms with Gasteiger partial charge >= 0.3 is 5.97 Å². The zero-order chi connectivity index (χ0) is 37.0. The van der Waals surface area contributed by atoms with E-state index < -0.39 is 24.0 Å². The highest BCUT2D eigenvalue weighted by Gasteiger charge is 2.30. The third kappa shape index (κ3) is 11.5. The predicted octanol–water partition coefficient (Wildman–Crippen LogP) is 8.48. The van der Waals surface area contributed by atoms with Gasteiger partial charge in [-0.2, -0.15) is 0 Å². The van der Waals surface area contributed by atoms with Crippen LogP contribution in [0.3, 0.4) is 0 Å². The Bertz CT molecular complexity index is 1710. The molecule has 2 aromatic heterocycles. The quantitative estimate of drug-likeness (QED) is 0.0883. The molecule has 0 bridgehead atoms. The largest absolute Gasteiger partial charge is 0.494 e. The first-order valence-corrected chi connectivity index (χ1v) is 18.8. The van der Waals surface area contributed by atoms with Crippen LogP contribution in [0.5, 0.6) is 5.75 Å². The molecule has 9 nitrogen and oxygen atoms in total. The summed E-state index contributed by atoms with van der Waals surface area (Å²) >= 11 is 1.38. The van der Waals surface area contributed by atoms with E-state index in [1.807, 2.05) is 61.5 Å². The molecule has 51 heavy (non-hydrogen) atoms. The van der Waals surface area contributed by atoms with Gasteiger partial charge in [0.2, 0.25) is 5.91 Å². The number of hydrogen-bond acceptors (Lipinski definition) is 7. The maximum atomic E-state index is 13.5. The van der Waals surface area contributed by atoms with Crippen LogP contribution < -0.4 is 15.4 Å². The molecule has 3 N–H and O–H groups in total. The van der Waals surface area contributed by atoms with E-state index in [-0.39, 0.29) is 23.7 Å². The van der Waals surface area contributed by atoms with E-state index in [9.17, 15) is 19.5 Å². The van der Waals surface area contributed by atoms with Gasteiger partial charge in [0.15, 0.2) is 5.82 Å². The Kier molecular flexibility index (Phi) is 14.3. The molecule has 10 heteroatoms. The van der Waals surface area contributed by atoms with Gasteiger partial charge in [0.1, 0.15) is 17.8 Å². The molecular formula is C41H52N4O5S. The molecule has 2 amide bonds. The maximum absolute atomic E-state index is 13.5. The second kappa shape index (κ2) is 18.6. The van der Waals surface area contributed by atoms with Crippen LogP contribution in [0.1, 0.15) is 100 Å². The van der Waals surface area contributed by atoms with Crippen LogP contribution in [0.2, 0.25) is 0 Å².